The summed E-state index contributed by atoms with van der Waals surface area (Å²) in [5, 5.41) is 7.70. The number of thiophene rings is 1. The molecule has 3 aromatic rings. The van der Waals surface area contributed by atoms with Crippen LogP contribution in [0.2, 0.25) is 0 Å². The number of piperazine rings is 1. The zero-order valence-electron chi connectivity index (χ0n) is 17.5. The van der Waals surface area contributed by atoms with E-state index < -0.39 is 0 Å². The number of amides is 2. The second-order valence-corrected chi connectivity index (χ2v) is 9.16. The van der Waals surface area contributed by atoms with Crippen molar-refractivity contribution in [1.82, 2.24) is 14.8 Å². The van der Waals surface area contributed by atoms with Crippen molar-refractivity contribution in [3.63, 3.8) is 0 Å². The lowest BCUT2D eigenvalue weighted by atomic mass is 10.1. The van der Waals surface area contributed by atoms with Crippen molar-refractivity contribution in [2.75, 3.05) is 45.7 Å². The van der Waals surface area contributed by atoms with Crippen LogP contribution in [0.5, 0.6) is 5.75 Å². The van der Waals surface area contributed by atoms with Gasteiger partial charge in [-0.1, -0.05) is 6.07 Å². The van der Waals surface area contributed by atoms with E-state index in [1.165, 1.54) is 11.3 Å². The van der Waals surface area contributed by atoms with Crippen LogP contribution in [0.1, 0.15) is 16.1 Å². The fourth-order valence-corrected chi connectivity index (χ4v) is 5.03. The summed E-state index contributed by atoms with van der Waals surface area (Å²) in [6.07, 6.45) is 0.154. The van der Waals surface area contributed by atoms with Crippen LogP contribution >= 0.6 is 22.7 Å². The molecule has 3 heterocycles. The third-order valence-electron chi connectivity index (χ3n) is 5.14. The zero-order valence-corrected chi connectivity index (χ0v) is 19.1. The van der Waals surface area contributed by atoms with Gasteiger partial charge in [-0.25, -0.2) is 4.98 Å². The van der Waals surface area contributed by atoms with Gasteiger partial charge in [0.2, 0.25) is 5.91 Å². The van der Waals surface area contributed by atoms with Crippen LogP contribution in [0.4, 0.5) is 5.69 Å². The average Bonchev–Trinajstić information content (AvgIpc) is 3.46. The standard InChI is InChI=1S/C22H24N4O3S2/c1-25-7-9-26(10-8-25)22(28)15-5-6-18(29-2)17(12-15)24-20(27)13-16-14-31-21(23-16)19-4-3-11-30-19/h3-6,11-12,14H,7-10,13H2,1-2H3,(H,24,27). The highest BCUT2D eigenvalue weighted by Gasteiger charge is 2.22. The minimum atomic E-state index is -0.203. The number of nitrogens with one attached hydrogen (secondary N) is 1. The van der Waals surface area contributed by atoms with E-state index >= 15 is 0 Å². The van der Waals surface area contributed by atoms with Crippen LogP contribution < -0.4 is 10.1 Å². The Balaban J connectivity index is 1.45. The molecule has 0 atom stereocenters. The zero-order chi connectivity index (χ0) is 21.8. The van der Waals surface area contributed by atoms with Gasteiger partial charge in [-0.2, -0.15) is 0 Å². The summed E-state index contributed by atoms with van der Waals surface area (Å²) >= 11 is 3.15. The molecule has 0 bridgehead atoms. The molecule has 1 aliphatic heterocycles. The lowest BCUT2D eigenvalue weighted by Gasteiger charge is -2.32. The lowest BCUT2D eigenvalue weighted by molar-refractivity contribution is -0.115. The van der Waals surface area contributed by atoms with Crippen LogP contribution in [0, 0.1) is 0 Å². The Bertz CT molecular complexity index is 1060. The lowest BCUT2D eigenvalue weighted by Crippen LogP contribution is -2.47. The van der Waals surface area contributed by atoms with Gasteiger partial charge < -0.3 is 19.9 Å². The maximum absolute atomic E-state index is 12.9. The van der Waals surface area contributed by atoms with Crippen molar-refractivity contribution in [1.29, 1.82) is 0 Å². The van der Waals surface area contributed by atoms with Crippen molar-refractivity contribution in [2.24, 2.45) is 0 Å². The van der Waals surface area contributed by atoms with Gasteiger partial charge in [0.05, 0.1) is 29.8 Å². The topological polar surface area (TPSA) is 74.8 Å². The number of benzene rings is 1. The Morgan fingerprint density at radius 2 is 1.97 bits per heavy atom. The summed E-state index contributed by atoms with van der Waals surface area (Å²) in [5.41, 5.74) is 1.74. The smallest absolute Gasteiger partial charge is 0.254 e. The molecule has 0 spiro atoms. The van der Waals surface area contributed by atoms with E-state index in [0.717, 1.165) is 28.7 Å². The fraction of sp³-hybridized carbons (Fsp3) is 0.318. The van der Waals surface area contributed by atoms with Crippen molar-refractivity contribution in [2.45, 2.75) is 6.42 Å². The number of thiazole rings is 1. The van der Waals surface area contributed by atoms with Crippen LogP contribution in [-0.4, -0.2) is 66.9 Å². The number of rotatable bonds is 6. The maximum atomic E-state index is 12.9. The van der Waals surface area contributed by atoms with E-state index in [-0.39, 0.29) is 18.2 Å². The summed E-state index contributed by atoms with van der Waals surface area (Å²) in [6.45, 7) is 3.10. The predicted molar refractivity (Wildman–Crippen MR) is 124 cm³/mol. The molecule has 31 heavy (non-hydrogen) atoms. The number of anilines is 1. The second-order valence-electron chi connectivity index (χ2n) is 7.36. The predicted octanol–water partition coefficient (Wildman–Crippen LogP) is 3.45. The molecule has 1 aromatic carbocycles. The molecule has 2 amide bonds. The second kappa shape index (κ2) is 9.59. The van der Waals surface area contributed by atoms with Gasteiger partial charge in [-0.05, 0) is 36.7 Å². The van der Waals surface area contributed by atoms with E-state index in [2.05, 4.69) is 22.2 Å². The van der Waals surface area contributed by atoms with E-state index in [9.17, 15) is 9.59 Å². The first kappa shape index (κ1) is 21.5. The van der Waals surface area contributed by atoms with Gasteiger partial charge in [0.1, 0.15) is 10.8 Å². The Morgan fingerprint density at radius 3 is 2.68 bits per heavy atom. The van der Waals surface area contributed by atoms with Gasteiger partial charge in [0, 0.05) is 37.1 Å². The number of aromatic nitrogens is 1. The summed E-state index contributed by atoms with van der Waals surface area (Å²) in [6, 6.07) is 9.15. The number of ether oxygens (including phenoxy) is 1. The Morgan fingerprint density at radius 1 is 1.16 bits per heavy atom. The number of hydrogen-bond acceptors (Lipinski definition) is 7. The average molecular weight is 457 g/mol. The highest BCUT2D eigenvalue weighted by molar-refractivity contribution is 7.20. The fourth-order valence-electron chi connectivity index (χ4n) is 3.39. The van der Waals surface area contributed by atoms with Crippen LogP contribution in [0.15, 0.2) is 41.1 Å². The first-order valence-corrected chi connectivity index (χ1v) is 11.7. The summed E-state index contributed by atoms with van der Waals surface area (Å²) in [7, 11) is 3.59. The normalized spacial score (nSPS) is 14.5. The number of carbonyl (C=O) groups is 2. The third-order valence-corrected chi connectivity index (χ3v) is 7.07. The number of likely N-dealkylation sites (N-methyl/N-ethyl adjacent to an activating group) is 1. The molecule has 0 radical (unpaired) electrons. The Kier molecular flexibility index (Phi) is 6.64. The number of methoxy groups -OCH3 is 1. The van der Waals surface area contributed by atoms with E-state index in [4.69, 9.17) is 4.74 Å². The number of nitrogens with zero attached hydrogens (tertiary/aromatic N) is 3. The first-order valence-electron chi connectivity index (χ1n) is 9.97. The van der Waals surface area contributed by atoms with Crippen molar-refractivity contribution in [3.05, 3.63) is 52.3 Å². The van der Waals surface area contributed by atoms with Gasteiger partial charge >= 0.3 is 0 Å². The molecule has 7 nitrogen and oxygen atoms in total. The Hall–Kier alpha value is -2.75. The molecule has 162 valence electrons. The molecule has 0 unspecified atom stereocenters. The highest BCUT2D eigenvalue weighted by atomic mass is 32.1. The van der Waals surface area contributed by atoms with Crippen LogP contribution in [0.25, 0.3) is 9.88 Å². The summed E-state index contributed by atoms with van der Waals surface area (Å²) < 4.78 is 5.39. The Labute approximate surface area is 189 Å². The van der Waals surface area contributed by atoms with E-state index in [0.29, 0.717) is 30.1 Å². The summed E-state index contributed by atoms with van der Waals surface area (Å²) in [5.74, 6) is 0.276. The van der Waals surface area contributed by atoms with Crippen LogP contribution in [0.3, 0.4) is 0 Å². The largest absolute Gasteiger partial charge is 0.495 e. The molecular weight excluding hydrogens is 432 g/mol. The maximum Gasteiger partial charge on any atom is 0.254 e. The molecule has 9 heteroatoms. The quantitative estimate of drug-likeness (QED) is 0.615. The molecule has 2 aromatic heterocycles. The van der Waals surface area contributed by atoms with Crippen molar-refractivity contribution in [3.8, 4) is 15.6 Å². The van der Waals surface area contributed by atoms with Gasteiger partial charge in [0.15, 0.2) is 0 Å². The van der Waals surface area contributed by atoms with Gasteiger partial charge in [0.25, 0.3) is 5.91 Å². The van der Waals surface area contributed by atoms with Crippen molar-refractivity contribution < 1.29 is 14.3 Å². The molecule has 1 saturated heterocycles. The number of carbonyl (C=O) groups excluding carboxylic acids is 2. The minimum absolute atomic E-state index is 0.0358. The van der Waals surface area contributed by atoms with E-state index in [1.54, 1.807) is 36.6 Å². The highest BCUT2D eigenvalue weighted by Crippen LogP contribution is 2.29. The SMILES string of the molecule is COc1ccc(C(=O)N2CCN(C)CC2)cc1NC(=O)Cc1csc(-c2cccs2)n1. The van der Waals surface area contributed by atoms with Crippen molar-refractivity contribution >= 4 is 40.2 Å². The molecule has 1 fully saturated rings. The molecular formula is C22H24N4O3S2. The molecule has 1 aliphatic rings. The molecule has 1 N–H and O–H groups in total. The summed E-state index contributed by atoms with van der Waals surface area (Å²) in [4.78, 5) is 35.3. The molecule has 4 rings (SSSR count). The van der Waals surface area contributed by atoms with Crippen LogP contribution in [-0.2, 0) is 11.2 Å². The van der Waals surface area contributed by atoms with Gasteiger partial charge in [-0.15, -0.1) is 22.7 Å². The number of hydrogen-bond donors (Lipinski definition) is 1. The molecule has 0 saturated carbocycles. The minimum Gasteiger partial charge on any atom is -0.495 e. The van der Waals surface area contributed by atoms with Gasteiger partial charge in [-0.3, -0.25) is 9.59 Å². The monoisotopic (exact) mass is 456 g/mol. The first-order chi connectivity index (χ1) is 15.0. The third kappa shape index (κ3) is 5.12. The molecule has 0 aliphatic carbocycles. The van der Waals surface area contributed by atoms with E-state index in [1.807, 2.05) is 27.8 Å².